The maximum absolute atomic E-state index is 12.8. The molecule has 6 nitrogen and oxygen atoms in total. The quantitative estimate of drug-likeness (QED) is 0.829. The molecule has 0 radical (unpaired) electrons. The number of carbonyl (C=O) groups excluding carboxylic acids is 1. The van der Waals surface area contributed by atoms with Gasteiger partial charge in [-0.2, -0.15) is 5.26 Å². The monoisotopic (exact) mass is 343 g/mol. The lowest BCUT2D eigenvalue weighted by Crippen LogP contribution is -2.45. The van der Waals surface area contributed by atoms with E-state index in [1.807, 2.05) is 17.0 Å². The van der Waals surface area contributed by atoms with E-state index in [2.05, 4.69) is 17.9 Å². The molecule has 1 amide bonds. The van der Waals surface area contributed by atoms with Crippen LogP contribution < -0.4 is 4.74 Å². The van der Waals surface area contributed by atoms with Crippen molar-refractivity contribution in [3.8, 4) is 11.8 Å². The van der Waals surface area contributed by atoms with Gasteiger partial charge in [0.05, 0.1) is 31.8 Å². The van der Waals surface area contributed by atoms with E-state index in [0.717, 1.165) is 25.2 Å². The number of morpholine rings is 1. The number of ether oxygens (including phenoxy) is 2. The molecule has 0 N–H and O–H groups in total. The van der Waals surface area contributed by atoms with Crippen LogP contribution in [0.25, 0.3) is 0 Å². The molecule has 2 aliphatic rings. The molecule has 134 valence electrons. The van der Waals surface area contributed by atoms with Gasteiger partial charge in [0.15, 0.2) is 0 Å². The summed E-state index contributed by atoms with van der Waals surface area (Å²) in [4.78, 5) is 17.0. The number of rotatable bonds is 4. The van der Waals surface area contributed by atoms with Crippen LogP contribution in [0.3, 0.4) is 0 Å². The Bertz CT molecular complexity index is 664. The third-order valence-corrected chi connectivity index (χ3v) is 5.12. The fraction of sp³-hybridized carbons (Fsp3) is 0.579. The molecule has 0 saturated carbocycles. The Hall–Kier alpha value is -2.10. The van der Waals surface area contributed by atoms with E-state index in [1.54, 1.807) is 13.2 Å². The molecule has 1 aromatic carbocycles. The Morgan fingerprint density at radius 3 is 2.80 bits per heavy atom. The molecule has 25 heavy (non-hydrogen) atoms. The lowest BCUT2D eigenvalue weighted by atomic mass is 9.96. The van der Waals surface area contributed by atoms with Crippen molar-refractivity contribution < 1.29 is 14.3 Å². The zero-order valence-corrected chi connectivity index (χ0v) is 14.9. The number of methoxy groups -OCH3 is 1. The molecule has 3 rings (SSSR count). The van der Waals surface area contributed by atoms with Crippen molar-refractivity contribution in [3.63, 3.8) is 0 Å². The van der Waals surface area contributed by atoms with Crippen LogP contribution in [-0.4, -0.2) is 62.2 Å². The van der Waals surface area contributed by atoms with Gasteiger partial charge in [0, 0.05) is 32.7 Å². The molecule has 0 aliphatic carbocycles. The Kier molecular flexibility index (Phi) is 5.57. The third kappa shape index (κ3) is 3.94. The Morgan fingerprint density at radius 1 is 1.36 bits per heavy atom. The topological polar surface area (TPSA) is 65.8 Å². The minimum Gasteiger partial charge on any atom is -0.495 e. The van der Waals surface area contributed by atoms with Gasteiger partial charge in [-0.15, -0.1) is 0 Å². The minimum absolute atomic E-state index is 0.0541. The van der Waals surface area contributed by atoms with Crippen LogP contribution >= 0.6 is 0 Å². The lowest BCUT2D eigenvalue weighted by molar-refractivity contribution is -0.140. The van der Waals surface area contributed by atoms with Crippen molar-refractivity contribution in [2.45, 2.75) is 13.5 Å². The fourth-order valence-electron chi connectivity index (χ4n) is 3.72. The van der Waals surface area contributed by atoms with Gasteiger partial charge in [-0.1, -0.05) is 13.0 Å². The van der Waals surface area contributed by atoms with E-state index in [0.29, 0.717) is 43.5 Å². The largest absolute Gasteiger partial charge is 0.495 e. The molecule has 2 saturated heterocycles. The SMILES string of the molecule is COc1cc(CN2C[C@@H](C)[C@H](C(=O)N3CCOCC3)C2)ccc1C#N. The average Bonchev–Trinajstić information content (AvgIpc) is 3.01. The molecule has 1 aromatic rings. The first-order chi connectivity index (χ1) is 12.1. The van der Waals surface area contributed by atoms with Crippen molar-refractivity contribution in [2.75, 3.05) is 46.5 Å². The standard InChI is InChI=1S/C19H25N3O3/c1-14-11-21(12-15-3-4-16(10-20)18(9-15)24-2)13-17(14)19(23)22-5-7-25-8-6-22/h3-4,9,14,17H,5-8,11-13H2,1-2H3/t14-,17-/m1/s1. The highest BCUT2D eigenvalue weighted by atomic mass is 16.5. The number of amides is 1. The first-order valence-corrected chi connectivity index (χ1v) is 8.78. The molecule has 6 heteroatoms. The molecule has 2 heterocycles. The summed E-state index contributed by atoms with van der Waals surface area (Å²) < 4.78 is 10.6. The van der Waals surface area contributed by atoms with Gasteiger partial charge in [-0.05, 0) is 23.6 Å². The first kappa shape index (κ1) is 17.7. The number of hydrogen-bond acceptors (Lipinski definition) is 5. The van der Waals surface area contributed by atoms with Crippen molar-refractivity contribution in [1.82, 2.24) is 9.80 Å². The van der Waals surface area contributed by atoms with E-state index >= 15 is 0 Å². The van der Waals surface area contributed by atoms with Crippen molar-refractivity contribution >= 4 is 5.91 Å². The van der Waals surface area contributed by atoms with Crippen LogP contribution in [0.1, 0.15) is 18.1 Å². The molecule has 2 atom stereocenters. The van der Waals surface area contributed by atoms with Gasteiger partial charge in [-0.3, -0.25) is 9.69 Å². The molecule has 2 fully saturated rings. The smallest absolute Gasteiger partial charge is 0.227 e. The molecular weight excluding hydrogens is 318 g/mol. The number of nitrogens with zero attached hydrogens (tertiary/aromatic N) is 3. The second-order valence-electron chi connectivity index (χ2n) is 6.86. The fourth-order valence-corrected chi connectivity index (χ4v) is 3.72. The number of benzene rings is 1. The van der Waals surface area contributed by atoms with E-state index in [-0.39, 0.29) is 11.8 Å². The maximum atomic E-state index is 12.8. The van der Waals surface area contributed by atoms with E-state index in [1.165, 1.54) is 0 Å². The summed E-state index contributed by atoms with van der Waals surface area (Å²) in [5, 5.41) is 9.09. The normalized spacial score (nSPS) is 24.1. The molecule has 0 aromatic heterocycles. The predicted octanol–water partition coefficient (Wildman–Crippen LogP) is 1.49. The van der Waals surface area contributed by atoms with E-state index in [9.17, 15) is 4.79 Å². The van der Waals surface area contributed by atoms with Crippen molar-refractivity contribution in [2.24, 2.45) is 11.8 Å². The molecule has 2 aliphatic heterocycles. The zero-order chi connectivity index (χ0) is 17.8. The molecule has 0 unspecified atom stereocenters. The van der Waals surface area contributed by atoms with Gasteiger partial charge in [0.1, 0.15) is 11.8 Å². The highest BCUT2D eigenvalue weighted by molar-refractivity contribution is 5.79. The highest BCUT2D eigenvalue weighted by Gasteiger charge is 2.37. The summed E-state index contributed by atoms with van der Waals surface area (Å²) in [7, 11) is 1.58. The second-order valence-corrected chi connectivity index (χ2v) is 6.86. The maximum Gasteiger partial charge on any atom is 0.227 e. The van der Waals surface area contributed by atoms with E-state index < -0.39 is 0 Å². The van der Waals surface area contributed by atoms with Crippen LogP contribution in [0.15, 0.2) is 18.2 Å². The molecular formula is C19H25N3O3. The summed E-state index contributed by atoms with van der Waals surface area (Å²) in [6, 6.07) is 7.81. The zero-order valence-electron chi connectivity index (χ0n) is 14.9. The average molecular weight is 343 g/mol. The van der Waals surface area contributed by atoms with Crippen LogP contribution in [0.5, 0.6) is 5.75 Å². The van der Waals surface area contributed by atoms with Crippen LogP contribution in [-0.2, 0) is 16.1 Å². The number of hydrogen-bond donors (Lipinski definition) is 0. The summed E-state index contributed by atoms with van der Waals surface area (Å²) in [6.45, 7) is 7.29. The molecule has 0 spiro atoms. The Morgan fingerprint density at radius 2 is 2.12 bits per heavy atom. The van der Waals surface area contributed by atoms with E-state index in [4.69, 9.17) is 14.7 Å². The van der Waals surface area contributed by atoms with Gasteiger partial charge in [-0.25, -0.2) is 0 Å². The molecule has 0 bridgehead atoms. The van der Waals surface area contributed by atoms with Gasteiger partial charge >= 0.3 is 0 Å². The highest BCUT2D eigenvalue weighted by Crippen LogP contribution is 2.28. The third-order valence-electron chi connectivity index (χ3n) is 5.12. The predicted molar refractivity (Wildman–Crippen MR) is 93.0 cm³/mol. The Balaban J connectivity index is 1.63. The number of nitriles is 1. The summed E-state index contributed by atoms with van der Waals surface area (Å²) >= 11 is 0. The van der Waals surface area contributed by atoms with Crippen LogP contribution in [0, 0.1) is 23.2 Å². The Labute approximate surface area is 148 Å². The van der Waals surface area contributed by atoms with Gasteiger partial charge in [0.2, 0.25) is 5.91 Å². The first-order valence-electron chi connectivity index (χ1n) is 8.78. The van der Waals surface area contributed by atoms with Gasteiger partial charge in [0.25, 0.3) is 0 Å². The minimum atomic E-state index is 0.0541. The van der Waals surface area contributed by atoms with Crippen molar-refractivity contribution in [3.05, 3.63) is 29.3 Å². The van der Waals surface area contributed by atoms with Crippen LogP contribution in [0.2, 0.25) is 0 Å². The second kappa shape index (κ2) is 7.85. The summed E-state index contributed by atoms with van der Waals surface area (Å²) in [6.07, 6.45) is 0. The van der Waals surface area contributed by atoms with Crippen molar-refractivity contribution in [1.29, 1.82) is 5.26 Å². The summed E-state index contributed by atoms with van der Waals surface area (Å²) in [5.41, 5.74) is 1.64. The summed E-state index contributed by atoms with van der Waals surface area (Å²) in [5.74, 6) is 1.26. The van der Waals surface area contributed by atoms with Crippen LogP contribution in [0.4, 0.5) is 0 Å². The van der Waals surface area contributed by atoms with Gasteiger partial charge < -0.3 is 14.4 Å². The number of carbonyl (C=O) groups is 1. The number of likely N-dealkylation sites (tertiary alicyclic amines) is 1. The lowest BCUT2D eigenvalue weighted by Gasteiger charge is -2.30.